The number of amides is 2. The molecule has 0 saturated heterocycles. The second-order valence-corrected chi connectivity index (χ2v) is 6.56. The molecule has 0 spiro atoms. The summed E-state index contributed by atoms with van der Waals surface area (Å²) in [5.41, 5.74) is 1.55. The number of nitrogens with zero attached hydrogens (tertiary/aromatic N) is 1. The second kappa shape index (κ2) is 7.35. The summed E-state index contributed by atoms with van der Waals surface area (Å²) in [4.78, 5) is 27.5. The summed E-state index contributed by atoms with van der Waals surface area (Å²) < 4.78 is 0.933. The van der Waals surface area contributed by atoms with E-state index < -0.39 is 0 Å². The van der Waals surface area contributed by atoms with Crippen molar-refractivity contribution in [2.24, 2.45) is 5.92 Å². The smallest absolute Gasteiger partial charge is 0.226 e. The van der Waals surface area contributed by atoms with Crippen LogP contribution in [0.25, 0.3) is 10.2 Å². The molecule has 2 aromatic rings. The summed E-state index contributed by atoms with van der Waals surface area (Å²) in [6, 6.07) is 5.51. The summed E-state index contributed by atoms with van der Waals surface area (Å²) in [6.07, 6.45) is 2.65. The number of hydrogen-bond acceptors (Lipinski definition) is 4. The Kier molecular flexibility index (Phi) is 5.49. The zero-order valence-electron chi connectivity index (χ0n) is 13.1. The van der Waals surface area contributed by atoms with Crippen LogP contribution in [-0.2, 0) is 9.59 Å². The Hall–Kier alpha value is -1.95. The maximum absolute atomic E-state index is 12.0. The zero-order chi connectivity index (χ0) is 16.1. The first-order valence-electron chi connectivity index (χ1n) is 7.46. The topological polar surface area (TPSA) is 71.1 Å². The summed E-state index contributed by atoms with van der Waals surface area (Å²) in [5.74, 6) is 0.273. The van der Waals surface area contributed by atoms with Crippen LogP contribution in [-0.4, -0.2) is 16.8 Å². The zero-order valence-corrected chi connectivity index (χ0v) is 13.9. The molecule has 0 aliphatic rings. The van der Waals surface area contributed by atoms with Crippen molar-refractivity contribution >= 4 is 44.2 Å². The van der Waals surface area contributed by atoms with Gasteiger partial charge in [0.1, 0.15) is 0 Å². The number of carbonyl (C=O) groups is 2. The van der Waals surface area contributed by atoms with Crippen molar-refractivity contribution in [1.82, 2.24) is 4.98 Å². The van der Waals surface area contributed by atoms with E-state index in [-0.39, 0.29) is 11.8 Å². The van der Waals surface area contributed by atoms with E-state index in [2.05, 4.69) is 29.5 Å². The fourth-order valence-corrected chi connectivity index (χ4v) is 3.26. The second-order valence-electron chi connectivity index (χ2n) is 5.53. The van der Waals surface area contributed by atoms with Gasteiger partial charge in [-0.1, -0.05) is 38.0 Å². The lowest BCUT2D eigenvalue weighted by atomic mass is 10.0. The number of fused-ring (bicyclic) bond motifs is 1. The maximum atomic E-state index is 12.0. The first-order chi connectivity index (χ1) is 10.5. The fraction of sp³-hybridized carbons (Fsp3) is 0.438. The summed E-state index contributed by atoms with van der Waals surface area (Å²) in [6.45, 7) is 5.68. The first kappa shape index (κ1) is 16.4. The number of carbonyl (C=O) groups excluding carboxylic acids is 2. The molecule has 1 unspecified atom stereocenters. The molecule has 1 atom stereocenters. The normalized spacial score (nSPS) is 12.1. The molecule has 0 bridgehead atoms. The average Bonchev–Trinajstić information content (AvgIpc) is 2.79. The number of thiazole rings is 1. The van der Waals surface area contributed by atoms with Crippen molar-refractivity contribution in [3.05, 3.63) is 18.2 Å². The van der Waals surface area contributed by atoms with E-state index >= 15 is 0 Å². The quantitative estimate of drug-likeness (QED) is 0.844. The summed E-state index contributed by atoms with van der Waals surface area (Å²) in [5, 5.41) is 6.20. The van der Waals surface area contributed by atoms with Crippen LogP contribution in [0.2, 0.25) is 0 Å². The van der Waals surface area contributed by atoms with Crippen LogP contribution < -0.4 is 10.6 Å². The highest BCUT2D eigenvalue weighted by Gasteiger charge is 2.11. The van der Waals surface area contributed by atoms with Crippen LogP contribution in [0.5, 0.6) is 0 Å². The number of hydrogen-bond donors (Lipinski definition) is 2. The van der Waals surface area contributed by atoms with E-state index in [1.54, 1.807) is 6.07 Å². The van der Waals surface area contributed by atoms with Crippen LogP contribution in [0.4, 0.5) is 10.8 Å². The fourth-order valence-electron chi connectivity index (χ4n) is 2.34. The van der Waals surface area contributed by atoms with E-state index in [1.807, 2.05) is 12.1 Å². The van der Waals surface area contributed by atoms with Gasteiger partial charge in [-0.2, -0.15) is 0 Å². The Morgan fingerprint density at radius 1 is 1.32 bits per heavy atom. The molecule has 1 aromatic heterocycles. The molecule has 0 fully saturated rings. The van der Waals surface area contributed by atoms with Gasteiger partial charge < -0.3 is 10.6 Å². The van der Waals surface area contributed by atoms with Gasteiger partial charge in [-0.3, -0.25) is 9.59 Å². The minimum absolute atomic E-state index is 0.00194. The first-order valence-corrected chi connectivity index (χ1v) is 8.27. The van der Waals surface area contributed by atoms with Crippen molar-refractivity contribution in [2.75, 3.05) is 10.6 Å². The molecule has 2 amide bonds. The van der Waals surface area contributed by atoms with Gasteiger partial charge in [0.15, 0.2) is 5.13 Å². The molecule has 0 aliphatic heterocycles. The monoisotopic (exact) mass is 319 g/mol. The Labute approximate surface area is 134 Å². The molecule has 0 radical (unpaired) electrons. The number of anilines is 2. The lowest BCUT2D eigenvalue weighted by molar-refractivity contribution is -0.117. The highest BCUT2D eigenvalue weighted by molar-refractivity contribution is 7.22. The van der Waals surface area contributed by atoms with E-state index in [0.29, 0.717) is 17.5 Å². The third-order valence-corrected chi connectivity index (χ3v) is 4.20. The number of nitrogens with one attached hydrogen (secondary N) is 2. The molecule has 2 rings (SSSR count). The molecule has 118 valence electrons. The SMILES string of the molecule is CCCC(C)CC(=O)Nc1nc2ccc(NC(C)=O)cc2s1. The molecule has 1 aromatic carbocycles. The van der Waals surface area contributed by atoms with Crippen LogP contribution in [0.15, 0.2) is 18.2 Å². The Morgan fingerprint density at radius 2 is 2.09 bits per heavy atom. The molecule has 6 heteroatoms. The number of rotatable bonds is 6. The maximum Gasteiger partial charge on any atom is 0.226 e. The van der Waals surface area contributed by atoms with Crippen LogP contribution in [0.1, 0.15) is 40.0 Å². The lowest BCUT2D eigenvalue weighted by Crippen LogP contribution is -2.14. The van der Waals surface area contributed by atoms with Crippen LogP contribution >= 0.6 is 11.3 Å². The van der Waals surface area contributed by atoms with Gasteiger partial charge in [0.2, 0.25) is 11.8 Å². The standard InChI is InChI=1S/C16H21N3O2S/c1-4-5-10(2)8-15(21)19-16-18-13-7-6-12(17-11(3)20)9-14(13)22-16/h6-7,9-10H,4-5,8H2,1-3H3,(H,17,20)(H,18,19,21). The molecule has 2 N–H and O–H groups in total. The van der Waals surface area contributed by atoms with Crippen LogP contribution in [0, 0.1) is 5.92 Å². The molecule has 22 heavy (non-hydrogen) atoms. The molecule has 0 saturated carbocycles. The molecular formula is C16H21N3O2S. The third kappa shape index (κ3) is 4.53. The Balaban J connectivity index is 2.06. The molecule has 1 heterocycles. The molecule has 0 aliphatic carbocycles. The van der Waals surface area contributed by atoms with E-state index in [0.717, 1.165) is 28.7 Å². The number of benzene rings is 1. The van der Waals surface area contributed by atoms with Crippen molar-refractivity contribution in [1.29, 1.82) is 0 Å². The van der Waals surface area contributed by atoms with Gasteiger partial charge in [0, 0.05) is 19.0 Å². The molecule has 5 nitrogen and oxygen atoms in total. The average molecular weight is 319 g/mol. The highest BCUT2D eigenvalue weighted by Crippen LogP contribution is 2.28. The highest BCUT2D eigenvalue weighted by atomic mass is 32.1. The van der Waals surface area contributed by atoms with Crippen molar-refractivity contribution < 1.29 is 9.59 Å². The minimum Gasteiger partial charge on any atom is -0.326 e. The summed E-state index contributed by atoms with van der Waals surface area (Å²) in [7, 11) is 0. The van der Waals surface area contributed by atoms with Gasteiger partial charge >= 0.3 is 0 Å². The molecular weight excluding hydrogens is 298 g/mol. The lowest BCUT2D eigenvalue weighted by Gasteiger charge is -2.08. The summed E-state index contributed by atoms with van der Waals surface area (Å²) >= 11 is 1.41. The van der Waals surface area contributed by atoms with E-state index in [4.69, 9.17) is 0 Å². The van der Waals surface area contributed by atoms with Crippen molar-refractivity contribution in [3.63, 3.8) is 0 Å². The Morgan fingerprint density at radius 3 is 2.77 bits per heavy atom. The van der Waals surface area contributed by atoms with Gasteiger partial charge in [-0.25, -0.2) is 4.98 Å². The van der Waals surface area contributed by atoms with Gasteiger partial charge in [-0.05, 0) is 24.1 Å². The van der Waals surface area contributed by atoms with Gasteiger partial charge in [-0.15, -0.1) is 0 Å². The van der Waals surface area contributed by atoms with Crippen molar-refractivity contribution in [3.8, 4) is 0 Å². The predicted molar refractivity (Wildman–Crippen MR) is 91.2 cm³/mol. The van der Waals surface area contributed by atoms with Crippen LogP contribution in [0.3, 0.4) is 0 Å². The van der Waals surface area contributed by atoms with E-state index in [1.165, 1.54) is 18.3 Å². The van der Waals surface area contributed by atoms with Gasteiger partial charge in [0.25, 0.3) is 0 Å². The number of aromatic nitrogens is 1. The predicted octanol–water partition coefficient (Wildman–Crippen LogP) is 4.02. The van der Waals surface area contributed by atoms with E-state index in [9.17, 15) is 9.59 Å². The van der Waals surface area contributed by atoms with Crippen molar-refractivity contribution in [2.45, 2.75) is 40.0 Å². The van der Waals surface area contributed by atoms with Gasteiger partial charge in [0.05, 0.1) is 10.2 Å². The largest absolute Gasteiger partial charge is 0.326 e. The third-order valence-electron chi connectivity index (χ3n) is 3.27. The minimum atomic E-state index is -0.109. The Bertz CT molecular complexity index is 681.